The summed E-state index contributed by atoms with van der Waals surface area (Å²) in [7, 11) is 0. The Morgan fingerprint density at radius 1 is 1.13 bits per heavy atom. The molecule has 2 aliphatic heterocycles. The zero-order valence-corrected chi connectivity index (χ0v) is 10.5. The molecule has 0 amide bonds. The van der Waals surface area contributed by atoms with Crippen molar-refractivity contribution in [3.05, 3.63) is 0 Å². The van der Waals surface area contributed by atoms with Crippen molar-refractivity contribution in [2.24, 2.45) is 5.73 Å². The van der Waals surface area contributed by atoms with E-state index >= 15 is 0 Å². The van der Waals surface area contributed by atoms with Crippen molar-refractivity contribution in [2.45, 2.75) is 38.3 Å². The summed E-state index contributed by atoms with van der Waals surface area (Å²) in [6, 6.07) is 1.27. The average molecular weight is 234 g/mol. The summed E-state index contributed by atoms with van der Waals surface area (Å²) in [6.07, 6.45) is 3.90. The van der Waals surface area contributed by atoms with Gasteiger partial charge in [0.2, 0.25) is 0 Å². The van der Waals surface area contributed by atoms with Crippen molar-refractivity contribution in [1.29, 1.82) is 0 Å². The number of nitrogens with zero attached hydrogens (tertiary/aromatic N) is 2. The molecule has 2 N–H and O–H groups in total. The van der Waals surface area contributed by atoms with E-state index < -0.39 is 0 Å². The van der Waals surface area contributed by atoms with Gasteiger partial charge < -0.3 is 10.6 Å². The minimum Gasteiger partial charge on any atom is -0.326 e. The summed E-state index contributed by atoms with van der Waals surface area (Å²) in [6.45, 7) is 8.41. The van der Waals surface area contributed by atoms with Gasteiger partial charge in [-0.3, -0.25) is 4.90 Å². The maximum atomic E-state index is 5.93. The first kappa shape index (κ1) is 13.2. The molecule has 2 fully saturated rings. The van der Waals surface area contributed by atoms with Crippen molar-refractivity contribution in [2.75, 3.05) is 32.7 Å². The third-order valence-electron chi connectivity index (χ3n) is 3.78. The molecule has 2 saturated heterocycles. The largest absolute Gasteiger partial charge is 0.326 e. The highest BCUT2D eigenvalue weighted by atomic mass is 35.5. The zero-order chi connectivity index (χ0) is 9.97. The molecule has 2 heterocycles. The van der Waals surface area contributed by atoms with Gasteiger partial charge in [-0.1, -0.05) is 6.92 Å². The van der Waals surface area contributed by atoms with E-state index in [1.807, 2.05) is 0 Å². The second kappa shape index (κ2) is 6.04. The summed E-state index contributed by atoms with van der Waals surface area (Å²) in [4.78, 5) is 5.16. The highest BCUT2D eigenvalue weighted by molar-refractivity contribution is 5.85. The molecule has 0 saturated carbocycles. The monoisotopic (exact) mass is 233 g/mol. The number of piperidine rings is 1. The molecule has 0 radical (unpaired) electrons. The van der Waals surface area contributed by atoms with Gasteiger partial charge in [-0.25, -0.2) is 0 Å². The van der Waals surface area contributed by atoms with E-state index in [0.29, 0.717) is 6.04 Å². The van der Waals surface area contributed by atoms with Gasteiger partial charge in [0.25, 0.3) is 0 Å². The number of nitrogens with two attached hydrogens (primary N) is 1. The van der Waals surface area contributed by atoms with Gasteiger partial charge in [-0.2, -0.15) is 0 Å². The van der Waals surface area contributed by atoms with E-state index in [0.717, 1.165) is 12.6 Å². The van der Waals surface area contributed by atoms with Crippen LogP contribution < -0.4 is 5.73 Å². The Balaban J connectivity index is 0.00000112. The first-order valence-electron chi connectivity index (χ1n) is 6.01. The second-order valence-corrected chi connectivity index (χ2v) is 4.71. The fourth-order valence-corrected chi connectivity index (χ4v) is 2.75. The Morgan fingerprint density at radius 3 is 2.27 bits per heavy atom. The molecule has 0 unspecified atom stereocenters. The normalized spacial score (nSPS) is 30.4. The summed E-state index contributed by atoms with van der Waals surface area (Å²) >= 11 is 0. The quantitative estimate of drug-likeness (QED) is 0.770. The van der Waals surface area contributed by atoms with Gasteiger partial charge in [0.05, 0.1) is 0 Å². The molecular formula is C11H24ClN3. The SMILES string of the molecule is CCN1CCC(N2CC[C@@H](N)C2)CC1.Cl. The van der Waals surface area contributed by atoms with Gasteiger partial charge in [0, 0.05) is 25.2 Å². The number of likely N-dealkylation sites (tertiary alicyclic amines) is 2. The van der Waals surface area contributed by atoms with Crippen LogP contribution in [0.15, 0.2) is 0 Å². The lowest BCUT2D eigenvalue weighted by Crippen LogP contribution is -2.44. The lowest BCUT2D eigenvalue weighted by atomic mass is 10.0. The minimum atomic E-state index is 0. The Bertz CT molecular complexity index is 181. The van der Waals surface area contributed by atoms with Crippen molar-refractivity contribution >= 4 is 12.4 Å². The van der Waals surface area contributed by atoms with Crippen LogP contribution in [-0.2, 0) is 0 Å². The van der Waals surface area contributed by atoms with E-state index in [1.54, 1.807) is 0 Å². The molecule has 4 heteroatoms. The molecular weight excluding hydrogens is 210 g/mol. The second-order valence-electron chi connectivity index (χ2n) is 4.71. The Kier molecular flexibility index (Phi) is 5.33. The lowest BCUT2D eigenvalue weighted by Gasteiger charge is -2.36. The zero-order valence-electron chi connectivity index (χ0n) is 9.69. The van der Waals surface area contributed by atoms with Crippen LogP contribution in [0.5, 0.6) is 0 Å². The number of hydrogen-bond donors (Lipinski definition) is 1. The first-order valence-corrected chi connectivity index (χ1v) is 6.01. The maximum absolute atomic E-state index is 5.93. The van der Waals surface area contributed by atoms with Gasteiger partial charge in [-0.05, 0) is 38.9 Å². The fourth-order valence-electron chi connectivity index (χ4n) is 2.75. The van der Waals surface area contributed by atoms with Crippen molar-refractivity contribution in [3.8, 4) is 0 Å². The molecule has 0 aliphatic carbocycles. The molecule has 0 aromatic rings. The average Bonchev–Trinajstić information content (AvgIpc) is 2.65. The number of rotatable bonds is 2. The van der Waals surface area contributed by atoms with E-state index in [-0.39, 0.29) is 12.4 Å². The highest BCUT2D eigenvalue weighted by Gasteiger charge is 2.28. The third kappa shape index (κ3) is 3.31. The predicted molar refractivity (Wildman–Crippen MR) is 66.5 cm³/mol. The molecule has 1 atom stereocenters. The van der Waals surface area contributed by atoms with E-state index in [1.165, 1.54) is 45.4 Å². The summed E-state index contributed by atoms with van der Waals surface area (Å²) in [5.74, 6) is 0. The van der Waals surface area contributed by atoms with E-state index in [9.17, 15) is 0 Å². The van der Waals surface area contributed by atoms with Gasteiger partial charge >= 0.3 is 0 Å². The fraction of sp³-hybridized carbons (Fsp3) is 1.00. The van der Waals surface area contributed by atoms with Crippen molar-refractivity contribution in [1.82, 2.24) is 9.80 Å². The van der Waals surface area contributed by atoms with E-state index in [4.69, 9.17) is 5.73 Å². The van der Waals surface area contributed by atoms with Crippen LogP contribution >= 0.6 is 12.4 Å². The number of halogens is 1. The molecule has 0 aromatic carbocycles. The van der Waals surface area contributed by atoms with Crippen LogP contribution in [-0.4, -0.2) is 54.6 Å². The third-order valence-corrected chi connectivity index (χ3v) is 3.78. The molecule has 90 valence electrons. The summed E-state index contributed by atoms with van der Waals surface area (Å²) in [5, 5.41) is 0. The van der Waals surface area contributed by atoms with Crippen LogP contribution in [0.3, 0.4) is 0 Å². The smallest absolute Gasteiger partial charge is 0.0180 e. The highest BCUT2D eigenvalue weighted by Crippen LogP contribution is 2.20. The van der Waals surface area contributed by atoms with Crippen LogP contribution in [0.25, 0.3) is 0 Å². The molecule has 0 spiro atoms. The Labute approximate surface area is 99.4 Å². The molecule has 0 aromatic heterocycles. The van der Waals surface area contributed by atoms with Crippen molar-refractivity contribution < 1.29 is 0 Å². The number of hydrogen-bond acceptors (Lipinski definition) is 3. The van der Waals surface area contributed by atoms with E-state index in [2.05, 4.69) is 16.7 Å². The maximum Gasteiger partial charge on any atom is 0.0180 e. The molecule has 2 aliphatic rings. The predicted octanol–water partition coefficient (Wildman–Crippen LogP) is 0.925. The standard InChI is InChI=1S/C11H23N3.ClH/c1-2-13-6-4-11(5-7-13)14-8-3-10(12)9-14;/h10-11H,2-9,12H2,1H3;1H/t10-;/m1./s1. The minimum absolute atomic E-state index is 0. The van der Waals surface area contributed by atoms with Crippen LogP contribution in [0.2, 0.25) is 0 Å². The first-order chi connectivity index (χ1) is 6.79. The lowest BCUT2D eigenvalue weighted by molar-refractivity contribution is 0.130. The Morgan fingerprint density at radius 2 is 1.80 bits per heavy atom. The Hall–Kier alpha value is 0.170. The van der Waals surface area contributed by atoms with Crippen LogP contribution in [0.4, 0.5) is 0 Å². The summed E-state index contributed by atoms with van der Waals surface area (Å²) in [5.41, 5.74) is 5.93. The molecule has 2 rings (SSSR count). The molecule has 0 bridgehead atoms. The van der Waals surface area contributed by atoms with Crippen LogP contribution in [0.1, 0.15) is 26.2 Å². The molecule has 3 nitrogen and oxygen atoms in total. The topological polar surface area (TPSA) is 32.5 Å². The molecule has 15 heavy (non-hydrogen) atoms. The van der Waals surface area contributed by atoms with Gasteiger partial charge in [0.1, 0.15) is 0 Å². The van der Waals surface area contributed by atoms with Crippen molar-refractivity contribution in [3.63, 3.8) is 0 Å². The van der Waals surface area contributed by atoms with Gasteiger partial charge in [-0.15, -0.1) is 12.4 Å². The van der Waals surface area contributed by atoms with Crippen LogP contribution in [0, 0.1) is 0 Å². The van der Waals surface area contributed by atoms with Gasteiger partial charge in [0.15, 0.2) is 0 Å². The summed E-state index contributed by atoms with van der Waals surface area (Å²) < 4.78 is 0.